The molecule has 0 radical (unpaired) electrons. The van der Waals surface area contributed by atoms with E-state index in [-0.39, 0.29) is 16.2 Å². The number of amides is 1. The van der Waals surface area contributed by atoms with Crippen molar-refractivity contribution < 1.29 is 17.9 Å². The normalized spacial score (nSPS) is 11.6. The zero-order valence-electron chi connectivity index (χ0n) is 18.9. The third-order valence-electron chi connectivity index (χ3n) is 5.14. The molecule has 0 fully saturated rings. The minimum Gasteiger partial charge on any atom is -0.495 e. The summed E-state index contributed by atoms with van der Waals surface area (Å²) >= 11 is 0. The maximum atomic E-state index is 13.1. The maximum absolute atomic E-state index is 13.1. The molecule has 0 aliphatic carbocycles. The molecule has 2 aromatic carbocycles. The molecule has 32 heavy (non-hydrogen) atoms. The Morgan fingerprint density at radius 1 is 1.09 bits per heavy atom. The number of ether oxygens (including phenoxy) is 1. The van der Waals surface area contributed by atoms with Gasteiger partial charge in [-0.2, -0.15) is 9.40 Å². The van der Waals surface area contributed by atoms with Gasteiger partial charge in [0.1, 0.15) is 10.6 Å². The van der Waals surface area contributed by atoms with E-state index in [0.717, 1.165) is 17.1 Å². The quantitative estimate of drug-likeness (QED) is 0.557. The van der Waals surface area contributed by atoms with Crippen molar-refractivity contribution in [3.63, 3.8) is 0 Å². The monoisotopic (exact) mass is 456 g/mol. The molecule has 1 amide bonds. The van der Waals surface area contributed by atoms with E-state index in [4.69, 9.17) is 4.74 Å². The second kappa shape index (κ2) is 9.54. The van der Waals surface area contributed by atoms with Crippen LogP contribution in [0.25, 0.3) is 5.69 Å². The highest BCUT2D eigenvalue weighted by Gasteiger charge is 2.27. The first-order chi connectivity index (χ1) is 15.2. The predicted octanol–water partition coefficient (Wildman–Crippen LogP) is 3.78. The van der Waals surface area contributed by atoms with E-state index < -0.39 is 15.9 Å². The summed E-state index contributed by atoms with van der Waals surface area (Å²) in [6.45, 7) is 8.00. The maximum Gasteiger partial charge on any atom is 0.255 e. The second-order valence-corrected chi connectivity index (χ2v) is 9.17. The number of aryl methyl sites for hydroxylation is 2. The van der Waals surface area contributed by atoms with E-state index in [2.05, 4.69) is 10.4 Å². The Labute approximate surface area is 188 Å². The molecule has 170 valence electrons. The first-order valence-electron chi connectivity index (χ1n) is 10.3. The van der Waals surface area contributed by atoms with Gasteiger partial charge < -0.3 is 10.1 Å². The number of nitrogens with one attached hydrogen (secondary N) is 1. The van der Waals surface area contributed by atoms with Crippen molar-refractivity contribution >= 4 is 21.6 Å². The van der Waals surface area contributed by atoms with Gasteiger partial charge in [0, 0.05) is 24.3 Å². The fraction of sp³-hybridized carbons (Fsp3) is 0.304. The van der Waals surface area contributed by atoms with Gasteiger partial charge in [-0.3, -0.25) is 4.79 Å². The van der Waals surface area contributed by atoms with Crippen LogP contribution in [-0.4, -0.2) is 48.6 Å². The van der Waals surface area contributed by atoms with Crippen molar-refractivity contribution in [2.24, 2.45) is 0 Å². The summed E-state index contributed by atoms with van der Waals surface area (Å²) in [6.07, 6.45) is 0. The van der Waals surface area contributed by atoms with Crippen molar-refractivity contribution in [2.75, 3.05) is 25.5 Å². The number of aromatic nitrogens is 2. The van der Waals surface area contributed by atoms with Crippen molar-refractivity contribution in [3.05, 3.63) is 65.5 Å². The van der Waals surface area contributed by atoms with Gasteiger partial charge in [-0.1, -0.05) is 26.0 Å². The van der Waals surface area contributed by atoms with Crippen molar-refractivity contribution in [3.8, 4) is 11.4 Å². The minimum atomic E-state index is -3.81. The Morgan fingerprint density at radius 2 is 1.78 bits per heavy atom. The van der Waals surface area contributed by atoms with Crippen molar-refractivity contribution in [2.45, 2.75) is 32.6 Å². The zero-order chi connectivity index (χ0) is 23.5. The average Bonchev–Trinajstić information content (AvgIpc) is 3.11. The van der Waals surface area contributed by atoms with Crippen LogP contribution in [0.3, 0.4) is 0 Å². The number of nitrogens with zero attached hydrogens (tertiary/aromatic N) is 3. The van der Waals surface area contributed by atoms with Gasteiger partial charge in [0.2, 0.25) is 10.0 Å². The van der Waals surface area contributed by atoms with E-state index in [0.29, 0.717) is 18.8 Å². The van der Waals surface area contributed by atoms with E-state index in [1.165, 1.54) is 23.5 Å². The van der Waals surface area contributed by atoms with E-state index >= 15 is 0 Å². The number of para-hydroxylation sites is 2. The summed E-state index contributed by atoms with van der Waals surface area (Å²) in [5.41, 5.74) is 3.29. The number of carbonyl (C=O) groups is 1. The molecule has 0 spiro atoms. The summed E-state index contributed by atoms with van der Waals surface area (Å²) in [4.78, 5) is 13.0. The number of carbonyl (C=O) groups excluding carboxylic acids is 1. The number of anilines is 1. The van der Waals surface area contributed by atoms with Crippen LogP contribution in [0.2, 0.25) is 0 Å². The summed E-state index contributed by atoms with van der Waals surface area (Å²) in [5.74, 6) is -0.242. The molecule has 1 N–H and O–H groups in total. The van der Waals surface area contributed by atoms with Crippen LogP contribution < -0.4 is 10.1 Å². The summed E-state index contributed by atoms with van der Waals surface area (Å²) in [6, 6.07) is 13.7. The highest BCUT2D eigenvalue weighted by molar-refractivity contribution is 7.89. The van der Waals surface area contributed by atoms with Gasteiger partial charge >= 0.3 is 0 Å². The zero-order valence-corrected chi connectivity index (χ0v) is 19.7. The van der Waals surface area contributed by atoms with Crippen LogP contribution in [0.5, 0.6) is 5.75 Å². The number of hydrogen-bond acceptors (Lipinski definition) is 5. The van der Waals surface area contributed by atoms with Crippen LogP contribution in [0.4, 0.5) is 5.69 Å². The molecular formula is C23H28N4O4S. The molecule has 1 aromatic heterocycles. The predicted molar refractivity (Wildman–Crippen MR) is 124 cm³/mol. The smallest absolute Gasteiger partial charge is 0.255 e. The van der Waals surface area contributed by atoms with Gasteiger partial charge in [-0.15, -0.1) is 0 Å². The van der Waals surface area contributed by atoms with Gasteiger partial charge in [-0.05, 0) is 50.2 Å². The molecule has 0 aliphatic rings. The Morgan fingerprint density at radius 3 is 2.38 bits per heavy atom. The molecule has 0 aliphatic heterocycles. The van der Waals surface area contributed by atoms with Gasteiger partial charge in [-0.25, -0.2) is 13.1 Å². The standard InChI is InChI=1S/C23H28N4O4S/c1-6-26(7-2)32(29,30)22-15-18(12-13-21(22)31-5)23(28)24-19-10-8-9-11-20(19)27-17(4)14-16(3)25-27/h8-15H,6-7H2,1-5H3,(H,24,28). The van der Waals surface area contributed by atoms with E-state index in [1.54, 1.807) is 30.7 Å². The fourth-order valence-corrected chi connectivity index (χ4v) is 5.19. The van der Waals surface area contributed by atoms with Crippen LogP contribution in [0, 0.1) is 13.8 Å². The first-order valence-corrected chi connectivity index (χ1v) is 11.8. The third kappa shape index (κ3) is 4.53. The van der Waals surface area contributed by atoms with E-state index in [1.807, 2.05) is 38.1 Å². The lowest BCUT2D eigenvalue weighted by Gasteiger charge is -2.20. The lowest BCUT2D eigenvalue weighted by Crippen LogP contribution is -2.31. The SMILES string of the molecule is CCN(CC)S(=O)(=O)c1cc(C(=O)Nc2ccccc2-n2nc(C)cc2C)ccc1OC. The summed E-state index contributed by atoms with van der Waals surface area (Å²) in [7, 11) is -2.41. The van der Waals surface area contributed by atoms with E-state index in [9.17, 15) is 13.2 Å². The Bertz CT molecular complexity index is 1230. The second-order valence-electron chi connectivity index (χ2n) is 7.27. The lowest BCUT2D eigenvalue weighted by atomic mass is 10.2. The number of hydrogen-bond donors (Lipinski definition) is 1. The molecule has 0 unspecified atom stereocenters. The third-order valence-corrected chi connectivity index (χ3v) is 7.21. The van der Waals surface area contributed by atoms with Crippen LogP contribution in [-0.2, 0) is 10.0 Å². The molecule has 0 bridgehead atoms. The van der Waals surface area contributed by atoms with Crippen LogP contribution in [0.1, 0.15) is 35.6 Å². The topological polar surface area (TPSA) is 93.5 Å². The highest BCUT2D eigenvalue weighted by Crippen LogP contribution is 2.29. The Kier molecular flexibility index (Phi) is 7.00. The molecule has 1 heterocycles. The lowest BCUT2D eigenvalue weighted by molar-refractivity contribution is 0.102. The number of benzene rings is 2. The molecular weight excluding hydrogens is 428 g/mol. The Hall–Kier alpha value is -3.17. The largest absolute Gasteiger partial charge is 0.495 e. The Balaban J connectivity index is 2.00. The van der Waals surface area contributed by atoms with Gasteiger partial charge in [0.05, 0.1) is 24.2 Å². The van der Waals surface area contributed by atoms with Gasteiger partial charge in [0.25, 0.3) is 5.91 Å². The number of rotatable bonds is 8. The van der Waals surface area contributed by atoms with Crippen LogP contribution in [0.15, 0.2) is 53.4 Å². The molecule has 8 nitrogen and oxygen atoms in total. The highest BCUT2D eigenvalue weighted by atomic mass is 32.2. The summed E-state index contributed by atoms with van der Waals surface area (Å²) < 4.78 is 34.5. The molecule has 0 saturated heterocycles. The molecule has 9 heteroatoms. The summed E-state index contributed by atoms with van der Waals surface area (Å²) in [5, 5.41) is 7.38. The average molecular weight is 457 g/mol. The molecule has 0 saturated carbocycles. The fourth-order valence-electron chi connectivity index (χ4n) is 3.55. The molecule has 3 rings (SSSR count). The van der Waals surface area contributed by atoms with Crippen LogP contribution >= 0.6 is 0 Å². The number of sulfonamides is 1. The molecule has 0 atom stereocenters. The van der Waals surface area contributed by atoms with Crippen molar-refractivity contribution in [1.82, 2.24) is 14.1 Å². The first kappa shape index (κ1) is 23.5. The van der Waals surface area contributed by atoms with Crippen molar-refractivity contribution in [1.29, 1.82) is 0 Å². The number of methoxy groups -OCH3 is 1. The minimum absolute atomic E-state index is 0.0387. The van der Waals surface area contributed by atoms with Gasteiger partial charge in [0.15, 0.2) is 0 Å². The molecule has 3 aromatic rings.